The molecule has 0 N–H and O–H groups in total. The zero-order valence-electron chi connectivity index (χ0n) is 19.1. The van der Waals surface area contributed by atoms with Crippen molar-refractivity contribution < 1.29 is 9.21 Å². The summed E-state index contributed by atoms with van der Waals surface area (Å²) in [5.41, 5.74) is 2.27. The Morgan fingerprint density at radius 2 is 1.97 bits per heavy atom. The van der Waals surface area contributed by atoms with Crippen molar-refractivity contribution in [2.75, 3.05) is 26.2 Å². The number of nitrogens with zero attached hydrogens (tertiary/aromatic N) is 5. The average molecular weight is 424 g/mol. The summed E-state index contributed by atoms with van der Waals surface area (Å²) in [5, 5.41) is 5.64. The lowest BCUT2D eigenvalue weighted by Crippen LogP contribution is -2.35. The highest BCUT2D eigenvalue weighted by Crippen LogP contribution is 2.23. The first-order valence-corrected chi connectivity index (χ1v) is 11.2. The van der Waals surface area contributed by atoms with Crippen LogP contribution in [0.1, 0.15) is 50.8 Å². The molecule has 1 saturated heterocycles. The minimum Gasteiger partial charge on any atom is -0.444 e. The number of oxazole rings is 1. The first-order valence-electron chi connectivity index (χ1n) is 11.2. The molecule has 1 aliphatic heterocycles. The van der Waals surface area contributed by atoms with E-state index in [1.807, 2.05) is 28.0 Å². The lowest BCUT2D eigenvalue weighted by atomic mass is 9.94. The third-order valence-corrected chi connectivity index (χ3v) is 6.04. The number of amides is 1. The van der Waals surface area contributed by atoms with Gasteiger partial charge < -0.3 is 9.32 Å². The average Bonchev–Trinajstić information content (AvgIpc) is 3.29. The molecule has 3 aromatic rings. The molecule has 0 atom stereocenters. The van der Waals surface area contributed by atoms with Gasteiger partial charge in [0.15, 0.2) is 0 Å². The van der Waals surface area contributed by atoms with E-state index in [4.69, 9.17) is 4.42 Å². The Morgan fingerprint density at radius 3 is 2.74 bits per heavy atom. The van der Waals surface area contributed by atoms with Crippen molar-refractivity contribution in [1.29, 1.82) is 0 Å². The lowest BCUT2D eigenvalue weighted by molar-refractivity contribution is -0.131. The molecule has 0 saturated carbocycles. The topological polar surface area (TPSA) is 67.4 Å². The minimum absolute atomic E-state index is 0.0359. The van der Waals surface area contributed by atoms with E-state index in [0.717, 1.165) is 55.2 Å². The van der Waals surface area contributed by atoms with E-state index in [2.05, 4.69) is 54.8 Å². The standard InChI is InChI=1S/C24H33N5O2/c1-18-7-5-8-20-19(18)15-26-29(20)12-9-23(30)28-11-6-10-27(13-14-28)17-22-25-16-21(31-22)24(2,3)4/h5,7-8,15-16H,6,9-14,17H2,1-4H3. The fourth-order valence-corrected chi connectivity index (χ4v) is 4.09. The molecule has 0 unspecified atom stereocenters. The summed E-state index contributed by atoms with van der Waals surface area (Å²) in [4.78, 5) is 21.6. The van der Waals surface area contributed by atoms with Gasteiger partial charge in [0.1, 0.15) is 5.76 Å². The Hall–Kier alpha value is -2.67. The maximum Gasteiger partial charge on any atom is 0.224 e. The van der Waals surface area contributed by atoms with Crippen LogP contribution in [0.2, 0.25) is 0 Å². The normalized spacial score (nSPS) is 16.1. The molecule has 7 nitrogen and oxygen atoms in total. The molecule has 4 rings (SSSR count). The summed E-state index contributed by atoms with van der Waals surface area (Å²) < 4.78 is 7.89. The second kappa shape index (κ2) is 8.83. The molecule has 166 valence electrons. The molecule has 2 aromatic heterocycles. The number of carbonyl (C=O) groups excluding carboxylic acids is 1. The minimum atomic E-state index is -0.0359. The van der Waals surface area contributed by atoms with Gasteiger partial charge in [0, 0.05) is 43.4 Å². The quantitative estimate of drug-likeness (QED) is 0.625. The molecule has 7 heteroatoms. The van der Waals surface area contributed by atoms with Gasteiger partial charge in [0.2, 0.25) is 11.8 Å². The van der Waals surface area contributed by atoms with Gasteiger partial charge in [-0.3, -0.25) is 14.4 Å². The van der Waals surface area contributed by atoms with Gasteiger partial charge in [-0.1, -0.05) is 32.9 Å². The fraction of sp³-hybridized carbons (Fsp3) is 0.542. The van der Waals surface area contributed by atoms with E-state index in [1.54, 1.807) is 0 Å². The Balaban J connectivity index is 1.30. The summed E-state index contributed by atoms with van der Waals surface area (Å²) in [7, 11) is 0. The first-order chi connectivity index (χ1) is 14.8. The summed E-state index contributed by atoms with van der Waals surface area (Å²) in [6.45, 7) is 13.1. The predicted molar refractivity (Wildman–Crippen MR) is 121 cm³/mol. The number of fused-ring (bicyclic) bond motifs is 1. The van der Waals surface area contributed by atoms with Crippen molar-refractivity contribution in [3.8, 4) is 0 Å². The predicted octanol–water partition coefficient (Wildman–Crippen LogP) is 3.75. The molecule has 0 spiro atoms. The fourth-order valence-electron chi connectivity index (χ4n) is 4.09. The van der Waals surface area contributed by atoms with Crippen LogP contribution in [0.4, 0.5) is 0 Å². The number of carbonyl (C=O) groups is 1. The second-order valence-electron chi connectivity index (χ2n) is 9.50. The molecular formula is C24H33N5O2. The Labute approximate surface area is 184 Å². The van der Waals surface area contributed by atoms with E-state index in [9.17, 15) is 4.79 Å². The molecule has 1 fully saturated rings. The maximum atomic E-state index is 12.9. The van der Waals surface area contributed by atoms with E-state index in [0.29, 0.717) is 19.5 Å². The zero-order valence-corrected chi connectivity index (χ0v) is 19.1. The summed E-state index contributed by atoms with van der Waals surface area (Å²) in [5.74, 6) is 1.87. The monoisotopic (exact) mass is 423 g/mol. The molecule has 1 aromatic carbocycles. The van der Waals surface area contributed by atoms with Crippen molar-refractivity contribution in [3.63, 3.8) is 0 Å². The molecule has 0 radical (unpaired) electrons. The van der Waals surface area contributed by atoms with Crippen molar-refractivity contribution in [1.82, 2.24) is 24.6 Å². The van der Waals surface area contributed by atoms with Crippen molar-refractivity contribution >= 4 is 16.8 Å². The highest BCUT2D eigenvalue weighted by Gasteiger charge is 2.23. The molecule has 1 amide bonds. The highest BCUT2D eigenvalue weighted by molar-refractivity contribution is 5.82. The van der Waals surface area contributed by atoms with Gasteiger partial charge >= 0.3 is 0 Å². The molecule has 0 bridgehead atoms. The van der Waals surface area contributed by atoms with Crippen molar-refractivity contribution in [2.45, 2.75) is 59.0 Å². The van der Waals surface area contributed by atoms with E-state index in [-0.39, 0.29) is 11.3 Å². The van der Waals surface area contributed by atoms with Crippen LogP contribution >= 0.6 is 0 Å². The van der Waals surface area contributed by atoms with E-state index < -0.39 is 0 Å². The van der Waals surface area contributed by atoms with E-state index in [1.165, 1.54) is 5.56 Å². The third kappa shape index (κ3) is 4.98. The lowest BCUT2D eigenvalue weighted by Gasteiger charge is -2.21. The third-order valence-electron chi connectivity index (χ3n) is 6.04. The van der Waals surface area contributed by atoms with Gasteiger partial charge in [-0.25, -0.2) is 4.98 Å². The zero-order chi connectivity index (χ0) is 22.0. The van der Waals surface area contributed by atoms with Crippen LogP contribution in [0, 0.1) is 6.92 Å². The second-order valence-corrected chi connectivity index (χ2v) is 9.50. The SMILES string of the molecule is Cc1cccc2c1cnn2CCC(=O)N1CCCN(Cc2ncc(C(C)(C)C)o2)CC1. The number of aryl methyl sites for hydroxylation is 2. The summed E-state index contributed by atoms with van der Waals surface area (Å²) in [6, 6.07) is 6.20. The van der Waals surface area contributed by atoms with Crippen LogP contribution in [-0.4, -0.2) is 56.7 Å². The van der Waals surface area contributed by atoms with Crippen molar-refractivity contribution in [3.05, 3.63) is 47.8 Å². The van der Waals surface area contributed by atoms with Crippen LogP contribution < -0.4 is 0 Å². The smallest absolute Gasteiger partial charge is 0.224 e. The van der Waals surface area contributed by atoms with Crippen LogP contribution in [0.5, 0.6) is 0 Å². The van der Waals surface area contributed by atoms with Gasteiger partial charge in [0.05, 0.1) is 31.0 Å². The van der Waals surface area contributed by atoms with Crippen LogP contribution in [0.15, 0.2) is 35.0 Å². The largest absolute Gasteiger partial charge is 0.444 e. The number of benzene rings is 1. The Bertz CT molecular complexity index is 1050. The molecule has 31 heavy (non-hydrogen) atoms. The summed E-state index contributed by atoms with van der Waals surface area (Å²) in [6.07, 6.45) is 5.16. The Morgan fingerprint density at radius 1 is 1.13 bits per heavy atom. The molecule has 3 heterocycles. The van der Waals surface area contributed by atoms with Gasteiger partial charge in [0.25, 0.3) is 0 Å². The number of hydrogen-bond donors (Lipinski definition) is 0. The van der Waals surface area contributed by atoms with Crippen molar-refractivity contribution in [2.24, 2.45) is 0 Å². The highest BCUT2D eigenvalue weighted by atomic mass is 16.4. The van der Waals surface area contributed by atoms with Gasteiger partial charge in [-0.15, -0.1) is 0 Å². The van der Waals surface area contributed by atoms with Gasteiger partial charge in [-0.2, -0.15) is 5.10 Å². The first kappa shape index (κ1) is 21.6. The molecule has 0 aliphatic carbocycles. The summed E-state index contributed by atoms with van der Waals surface area (Å²) >= 11 is 0. The van der Waals surface area contributed by atoms with E-state index >= 15 is 0 Å². The molecule has 1 aliphatic rings. The molecular weight excluding hydrogens is 390 g/mol. The van der Waals surface area contributed by atoms with Gasteiger partial charge in [-0.05, 0) is 25.0 Å². The number of aromatic nitrogens is 3. The maximum absolute atomic E-state index is 12.9. The number of hydrogen-bond acceptors (Lipinski definition) is 5. The van der Waals surface area contributed by atoms with Crippen LogP contribution in [0.25, 0.3) is 10.9 Å². The van der Waals surface area contributed by atoms with Crippen LogP contribution in [0.3, 0.4) is 0 Å². The number of rotatable bonds is 5. The Kier molecular flexibility index (Phi) is 6.14. The van der Waals surface area contributed by atoms with Crippen LogP contribution in [-0.2, 0) is 23.3 Å².